The van der Waals surface area contributed by atoms with Gasteiger partial charge in [-0.1, -0.05) is 46.3 Å². The molecule has 2 aromatic carbocycles. The summed E-state index contributed by atoms with van der Waals surface area (Å²) >= 11 is 3.47. The van der Waals surface area contributed by atoms with Crippen LogP contribution >= 0.6 is 15.9 Å². The summed E-state index contributed by atoms with van der Waals surface area (Å²) in [4.78, 5) is 5.98. The Kier molecular flexibility index (Phi) is 4.91. The van der Waals surface area contributed by atoms with E-state index in [1.807, 2.05) is 17.2 Å². The van der Waals surface area contributed by atoms with Crippen LogP contribution in [0.15, 0.2) is 53.0 Å². The average molecular weight is 406 g/mol. The van der Waals surface area contributed by atoms with Crippen molar-refractivity contribution in [1.29, 1.82) is 0 Å². The van der Waals surface area contributed by atoms with Crippen LogP contribution in [0.25, 0.3) is 0 Å². The van der Waals surface area contributed by atoms with Crippen molar-refractivity contribution in [1.82, 2.24) is 5.06 Å². The molecule has 0 amide bonds. The van der Waals surface area contributed by atoms with Crippen molar-refractivity contribution in [3.63, 3.8) is 0 Å². The van der Waals surface area contributed by atoms with E-state index in [-0.39, 0.29) is 11.7 Å². The molecule has 5 heteroatoms. The average Bonchev–Trinajstić information content (AvgIpc) is 3.18. The van der Waals surface area contributed by atoms with Crippen LogP contribution in [0, 0.1) is 11.7 Å². The number of rotatable bonds is 5. The second-order valence-electron chi connectivity index (χ2n) is 6.75. The van der Waals surface area contributed by atoms with Gasteiger partial charge in [0.1, 0.15) is 11.4 Å². The Morgan fingerprint density at radius 3 is 2.84 bits per heavy atom. The van der Waals surface area contributed by atoms with E-state index in [4.69, 9.17) is 9.57 Å². The maximum atomic E-state index is 14.7. The lowest BCUT2D eigenvalue weighted by molar-refractivity contribution is -0.176. The van der Waals surface area contributed by atoms with Crippen LogP contribution in [0.3, 0.4) is 0 Å². The Hall–Kier alpha value is -1.27. The summed E-state index contributed by atoms with van der Waals surface area (Å²) in [7, 11) is 0. The Bertz CT molecular complexity index is 742. The number of halogens is 2. The van der Waals surface area contributed by atoms with Crippen LogP contribution in [0.1, 0.15) is 17.5 Å². The molecule has 0 bridgehead atoms. The van der Waals surface area contributed by atoms with Crippen molar-refractivity contribution in [3.05, 3.63) is 69.9 Å². The van der Waals surface area contributed by atoms with Gasteiger partial charge in [0.25, 0.3) is 0 Å². The fourth-order valence-electron chi connectivity index (χ4n) is 3.97. The summed E-state index contributed by atoms with van der Waals surface area (Å²) in [6.45, 7) is 2.41. The predicted molar refractivity (Wildman–Crippen MR) is 97.5 cm³/mol. The minimum absolute atomic E-state index is 0.160. The number of hydrogen-bond donors (Lipinski definition) is 0. The van der Waals surface area contributed by atoms with Gasteiger partial charge in [0.2, 0.25) is 0 Å². The summed E-state index contributed by atoms with van der Waals surface area (Å²) in [6, 6.07) is 15.5. The van der Waals surface area contributed by atoms with E-state index >= 15 is 0 Å². The maximum absolute atomic E-state index is 14.7. The molecule has 0 unspecified atom stereocenters. The number of benzene rings is 2. The molecule has 2 fully saturated rings. The molecule has 2 aliphatic heterocycles. The van der Waals surface area contributed by atoms with E-state index in [2.05, 4.69) is 40.2 Å². The molecule has 3 nitrogen and oxygen atoms in total. The van der Waals surface area contributed by atoms with Crippen LogP contribution < -0.4 is 0 Å². The summed E-state index contributed by atoms with van der Waals surface area (Å²) < 4.78 is 21.3. The predicted octanol–water partition coefficient (Wildman–Crippen LogP) is 4.31. The van der Waals surface area contributed by atoms with Crippen molar-refractivity contribution in [3.8, 4) is 0 Å². The first-order valence-electron chi connectivity index (χ1n) is 8.68. The van der Waals surface area contributed by atoms with Crippen LogP contribution in [0.5, 0.6) is 0 Å². The van der Waals surface area contributed by atoms with Gasteiger partial charge in [-0.25, -0.2) is 4.39 Å². The number of hydrogen-bond acceptors (Lipinski definition) is 3. The summed E-state index contributed by atoms with van der Waals surface area (Å²) in [5.74, 6) is -0.0368. The third-order valence-corrected chi connectivity index (χ3v) is 5.75. The fourth-order valence-corrected chi connectivity index (χ4v) is 4.33. The van der Waals surface area contributed by atoms with Crippen LogP contribution in [0.4, 0.5) is 4.39 Å². The van der Waals surface area contributed by atoms with E-state index < -0.39 is 5.54 Å². The molecule has 0 radical (unpaired) electrons. The smallest absolute Gasteiger partial charge is 0.128 e. The summed E-state index contributed by atoms with van der Waals surface area (Å²) in [6.07, 6.45) is 1.93. The third kappa shape index (κ3) is 3.14. The van der Waals surface area contributed by atoms with Crippen molar-refractivity contribution >= 4 is 15.9 Å². The second-order valence-corrected chi connectivity index (χ2v) is 7.66. The third-order valence-electron chi connectivity index (χ3n) is 5.26. The van der Waals surface area contributed by atoms with Crippen LogP contribution in [-0.2, 0) is 21.5 Å². The highest BCUT2D eigenvalue weighted by Crippen LogP contribution is 2.47. The zero-order chi connectivity index (χ0) is 17.3. The minimum atomic E-state index is -0.523. The molecule has 0 spiro atoms. The van der Waals surface area contributed by atoms with Gasteiger partial charge in [-0.05, 0) is 36.6 Å². The first-order chi connectivity index (χ1) is 12.2. The van der Waals surface area contributed by atoms with Crippen molar-refractivity contribution in [2.75, 3.05) is 26.4 Å². The summed E-state index contributed by atoms with van der Waals surface area (Å²) in [5.41, 5.74) is 1.45. The summed E-state index contributed by atoms with van der Waals surface area (Å²) in [5, 5.41) is 1.97. The van der Waals surface area contributed by atoms with Gasteiger partial charge in [0, 0.05) is 22.5 Å². The van der Waals surface area contributed by atoms with Crippen molar-refractivity contribution in [2.45, 2.75) is 18.4 Å². The van der Waals surface area contributed by atoms with Gasteiger partial charge >= 0.3 is 0 Å². The molecule has 2 atom stereocenters. The Morgan fingerprint density at radius 2 is 2.00 bits per heavy atom. The molecule has 2 saturated heterocycles. The zero-order valence-electron chi connectivity index (χ0n) is 14.0. The van der Waals surface area contributed by atoms with Gasteiger partial charge < -0.3 is 4.74 Å². The fraction of sp³-hybridized carbons (Fsp3) is 0.400. The van der Waals surface area contributed by atoms with Gasteiger partial charge in [0.05, 0.1) is 19.8 Å². The first kappa shape index (κ1) is 17.2. The lowest BCUT2D eigenvalue weighted by Crippen LogP contribution is -2.46. The van der Waals surface area contributed by atoms with E-state index in [9.17, 15) is 4.39 Å². The van der Waals surface area contributed by atoms with Gasteiger partial charge in [0.15, 0.2) is 0 Å². The maximum Gasteiger partial charge on any atom is 0.128 e. The first-order valence-corrected chi connectivity index (χ1v) is 9.47. The standard InChI is InChI=1S/C20H21BrFNO2/c21-17-8-9-19(22)18(11-17)20-14-24-12-16(20)13-25-23(20)10-4-7-15-5-2-1-3-6-15/h1-3,5-6,8-9,11,16H,4,7,10,12-14H2/t16-,20-/m0/s1. The molecule has 0 aliphatic carbocycles. The number of nitrogens with zero attached hydrogens (tertiary/aromatic N) is 1. The van der Waals surface area contributed by atoms with Crippen molar-refractivity contribution in [2.24, 2.45) is 5.92 Å². The lowest BCUT2D eigenvalue weighted by atomic mass is 9.81. The number of ether oxygens (including phenoxy) is 1. The number of aryl methyl sites for hydroxylation is 1. The molecule has 2 aromatic rings. The molecule has 0 saturated carbocycles. The highest BCUT2D eigenvalue weighted by atomic mass is 79.9. The van der Waals surface area contributed by atoms with Crippen LogP contribution in [0.2, 0.25) is 0 Å². The van der Waals surface area contributed by atoms with Crippen molar-refractivity contribution < 1.29 is 14.0 Å². The van der Waals surface area contributed by atoms with Crippen LogP contribution in [-0.4, -0.2) is 31.4 Å². The monoisotopic (exact) mass is 405 g/mol. The SMILES string of the molecule is Fc1ccc(Br)cc1[C@]12COC[C@H]1CON2CCCc1ccccc1. The quantitative estimate of drug-likeness (QED) is 0.739. The molecular formula is C20H21BrFNO2. The molecule has 0 N–H and O–H groups in total. The molecule has 25 heavy (non-hydrogen) atoms. The van der Waals surface area contributed by atoms with Gasteiger partial charge in [-0.15, -0.1) is 0 Å². The molecule has 2 heterocycles. The largest absolute Gasteiger partial charge is 0.379 e. The topological polar surface area (TPSA) is 21.7 Å². The number of hydroxylamine groups is 2. The van der Waals surface area contributed by atoms with E-state index in [0.29, 0.717) is 25.4 Å². The molecule has 2 aliphatic rings. The lowest BCUT2D eigenvalue weighted by Gasteiger charge is -2.35. The Balaban J connectivity index is 1.56. The van der Waals surface area contributed by atoms with E-state index in [1.165, 1.54) is 11.6 Å². The highest BCUT2D eigenvalue weighted by Gasteiger charge is 2.56. The second kappa shape index (κ2) is 7.16. The minimum Gasteiger partial charge on any atom is -0.379 e. The molecule has 132 valence electrons. The highest BCUT2D eigenvalue weighted by molar-refractivity contribution is 9.10. The normalized spacial score (nSPS) is 26.1. The Labute approximate surface area is 155 Å². The van der Waals surface area contributed by atoms with E-state index in [1.54, 1.807) is 6.07 Å². The van der Waals surface area contributed by atoms with E-state index in [0.717, 1.165) is 23.9 Å². The molecule has 4 rings (SSSR count). The molecular weight excluding hydrogens is 385 g/mol. The number of fused-ring (bicyclic) bond motifs is 1. The van der Waals surface area contributed by atoms with Gasteiger partial charge in [-0.2, -0.15) is 5.06 Å². The Morgan fingerprint density at radius 1 is 1.16 bits per heavy atom. The zero-order valence-corrected chi connectivity index (χ0v) is 15.5. The van der Waals surface area contributed by atoms with Gasteiger partial charge in [-0.3, -0.25) is 4.84 Å². The molecule has 0 aromatic heterocycles.